The van der Waals surface area contributed by atoms with Crippen LogP contribution in [0.5, 0.6) is 11.5 Å². The number of carbonyl (C=O) groups is 2. The average molecular weight is 411 g/mol. The Bertz CT molecular complexity index is 863. The molecule has 2 rings (SSSR count). The highest BCUT2D eigenvalue weighted by molar-refractivity contribution is 5.90. The highest BCUT2D eigenvalue weighted by atomic mass is 16.5. The largest absolute Gasteiger partial charge is 0.497 e. The van der Waals surface area contributed by atoms with Crippen molar-refractivity contribution < 1.29 is 23.8 Å². The standard InChI is InChI=1S/C24H29NO5/c1-17(10-11-19-8-6-5-7-9-19)25-24(27)18(2)30-23(26)15-12-20-16-21(28-3)13-14-22(20)29-4/h5-9,12-18H,10-11H2,1-4H3,(H,25,27)/b15-12+/t17-,18-/m0/s1. The van der Waals surface area contributed by atoms with Gasteiger partial charge in [0.05, 0.1) is 14.2 Å². The van der Waals surface area contributed by atoms with E-state index >= 15 is 0 Å². The van der Waals surface area contributed by atoms with E-state index in [0.717, 1.165) is 12.8 Å². The second kappa shape index (κ2) is 11.7. The number of rotatable bonds is 10. The highest BCUT2D eigenvalue weighted by Gasteiger charge is 2.18. The van der Waals surface area contributed by atoms with E-state index in [1.54, 1.807) is 45.4 Å². The number of amides is 1. The van der Waals surface area contributed by atoms with Crippen LogP contribution in [0, 0.1) is 0 Å². The van der Waals surface area contributed by atoms with Crippen molar-refractivity contribution in [3.63, 3.8) is 0 Å². The molecule has 0 aliphatic carbocycles. The van der Waals surface area contributed by atoms with Crippen LogP contribution in [0.1, 0.15) is 31.4 Å². The van der Waals surface area contributed by atoms with Gasteiger partial charge in [0, 0.05) is 17.7 Å². The molecule has 1 amide bonds. The summed E-state index contributed by atoms with van der Waals surface area (Å²) in [5, 5.41) is 2.89. The first-order chi connectivity index (χ1) is 14.4. The summed E-state index contributed by atoms with van der Waals surface area (Å²) in [7, 11) is 3.10. The molecule has 0 spiro atoms. The predicted octanol–water partition coefficient (Wildman–Crippen LogP) is 3.79. The van der Waals surface area contributed by atoms with E-state index in [1.165, 1.54) is 11.6 Å². The van der Waals surface area contributed by atoms with Gasteiger partial charge < -0.3 is 19.5 Å². The third-order valence-corrected chi connectivity index (χ3v) is 4.60. The van der Waals surface area contributed by atoms with Crippen LogP contribution in [0.4, 0.5) is 0 Å². The average Bonchev–Trinajstić information content (AvgIpc) is 2.76. The van der Waals surface area contributed by atoms with E-state index < -0.39 is 12.1 Å². The molecule has 2 aromatic carbocycles. The summed E-state index contributed by atoms with van der Waals surface area (Å²) < 4.78 is 15.7. The van der Waals surface area contributed by atoms with Gasteiger partial charge in [-0.3, -0.25) is 4.79 Å². The van der Waals surface area contributed by atoms with Gasteiger partial charge in [0.25, 0.3) is 5.91 Å². The van der Waals surface area contributed by atoms with Crippen molar-refractivity contribution in [2.24, 2.45) is 0 Å². The third kappa shape index (κ3) is 7.28. The number of aryl methyl sites for hydroxylation is 1. The monoisotopic (exact) mass is 411 g/mol. The number of methoxy groups -OCH3 is 2. The lowest BCUT2D eigenvalue weighted by atomic mass is 10.1. The Hall–Kier alpha value is -3.28. The van der Waals surface area contributed by atoms with Gasteiger partial charge in [-0.05, 0) is 56.5 Å². The predicted molar refractivity (Wildman–Crippen MR) is 117 cm³/mol. The molecular formula is C24H29NO5. The molecule has 6 heteroatoms. The van der Waals surface area contributed by atoms with Crippen LogP contribution in [0.25, 0.3) is 6.08 Å². The summed E-state index contributed by atoms with van der Waals surface area (Å²) in [4.78, 5) is 24.4. The Balaban J connectivity index is 1.84. The molecule has 0 saturated heterocycles. The lowest BCUT2D eigenvalue weighted by Gasteiger charge is -2.17. The number of ether oxygens (including phenoxy) is 3. The van der Waals surface area contributed by atoms with E-state index in [2.05, 4.69) is 17.4 Å². The Morgan fingerprint density at radius 1 is 1.03 bits per heavy atom. The molecule has 0 bridgehead atoms. The van der Waals surface area contributed by atoms with Crippen LogP contribution in [-0.2, 0) is 20.7 Å². The Labute approximate surface area is 177 Å². The van der Waals surface area contributed by atoms with Gasteiger partial charge in [-0.2, -0.15) is 0 Å². The van der Waals surface area contributed by atoms with E-state index in [0.29, 0.717) is 17.1 Å². The van der Waals surface area contributed by atoms with Gasteiger partial charge in [-0.15, -0.1) is 0 Å². The van der Waals surface area contributed by atoms with Gasteiger partial charge in [-0.25, -0.2) is 4.79 Å². The van der Waals surface area contributed by atoms with Crippen LogP contribution >= 0.6 is 0 Å². The maximum Gasteiger partial charge on any atom is 0.331 e. The van der Waals surface area contributed by atoms with Gasteiger partial charge in [-0.1, -0.05) is 30.3 Å². The summed E-state index contributed by atoms with van der Waals surface area (Å²) in [6.45, 7) is 3.49. The van der Waals surface area contributed by atoms with Crippen LogP contribution in [0.2, 0.25) is 0 Å². The van der Waals surface area contributed by atoms with Crippen LogP contribution in [-0.4, -0.2) is 38.2 Å². The molecule has 6 nitrogen and oxygen atoms in total. The third-order valence-electron chi connectivity index (χ3n) is 4.60. The maximum atomic E-state index is 12.3. The number of benzene rings is 2. The first-order valence-electron chi connectivity index (χ1n) is 9.88. The first-order valence-corrected chi connectivity index (χ1v) is 9.88. The van der Waals surface area contributed by atoms with Crippen LogP contribution < -0.4 is 14.8 Å². The Morgan fingerprint density at radius 2 is 1.77 bits per heavy atom. The number of carbonyl (C=O) groups excluding carboxylic acids is 2. The molecule has 0 aliphatic heterocycles. The minimum atomic E-state index is -0.895. The van der Waals surface area contributed by atoms with E-state index in [4.69, 9.17) is 14.2 Å². The molecule has 0 fully saturated rings. The molecular weight excluding hydrogens is 382 g/mol. The van der Waals surface area contributed by atoms with Crippen molar-refractivity contribution in [1.82, 2.24) is 5.32 Å². The molecule has 30 heavy (non-hydrogen) atoms. The van der Waals surface area contributed by atoms with E-state index in [1.807, 2.05) is 25.1 Å². The van der Waals surface area contributed by atoms with Crippen molar-refractivity contribution in [1.29, 1.82) is 0 Å². The number of hydrogen-bond acceptors (Lipinski definition) is 5. The van der Waals surface area contributed by atoms with Crippen LogP contribution in [0.3, 0.4) is 0 Å². The van der Waals surface area contributed by atoms with E-state index in [-0.39, 0.29) is 11.9 Å². The number of nitrogens with one attached hydrogen (secondary N) is 1. The normalized spacial score (nSPS) is 12.8. The molecule has 160 valence electrons. The topological polar surface area (TPSA) is 73.9 Å². The minimum absolute atomic E-state index is 0.0320. The van der Waals surface area contributed by atoms with Gasteiger partial charge >= 0.3 is 5.97 Å². The van der Waals surface area contributed by atoms with Gasteiger partial charge in [0.1, 0.15) is 11.5 Å². The molecule has 2 atom stereocenters. The smallest absolute Gasteiger partial charge is 0.331 e. The lowest BCUT2D eigenvalue weighted by molar-refractivity contribution is -0.150. The number of esters is 1. The number of hydrogen-bond donors (Lipinski definition) is 1. The van der Waals surface area contributed by atoms with E-state index in [9.17, 15) is 9.59 Å². The fraction of sp³-hybridized carbons (Fsp3) is 0.333. The molecule has 0 aromatic heterocycles. The second-order valence-corrected chi connectivity index (χ2v) is 6.95. The first kappa shape index (κ1) is 23.0. The van der Waals surface area contributed by atoms with Gasteiger partial charge in [0.2, 0.25) is 0 Å². The maximum absolute atomic E-state index is 12.3. The van der Waals surface area contributed by atoms with Crippen LogP contribution in [0.15, 0.2) is 54.6 Å². The van der Waals surface area contributed by atoms with Crippen molar-refractivity contribution in [2.75, 3.05) is 14.2 Å². The fourth-order valence-corrected chi connectivity index (χ4v) is 2.85. The molecule has 0 unspecified atom stereocenters. The Morgan fingerprint density at radius 3 is 2.43 bits per heavy atom. The van der Waals surface area contributed by atoms with Crippen molar-refractivity contribution in [3.8, 4) is 11.5 Å². The summed E-state index contributed by atoms with van der Waals surface area (Å²) in [5.41, 5.74) is 1.89. The molecule has 2 aromatic rings. The summed E-state index contributed by atoms with van der Waals surface area (Å²) in [5.74, 6) is 0.301. The van der Waals surface area contributed by atoms with Crippen molar-refractivity contribution in [3.05, 3.63) is 65.7 Å². The molecule has 0 aliphatic rings. The summed E-state index contributed by atoms with van der Waals surface area (Å²) in [6, 6.07) is 15.3. The Kier molecular flexibility index (Phi) is 8.94. The second-order valence-electron chi connectivity index (χ2n) is 6.95. The minimum Gasteiger partial charge on any atom is -0.497 e. The summed E-state index contributed by atoms with van der Waals surface area (Å²) in [6.07, 6.45) is 3.60. The summed E-state index contributed by atoms with van der Waals surface area (Å²) >= 11 is 0. The molecule has 0 radical (unpaired) electrons. The molecule has 1 N–H and O–H groups in total. The quantitative estimate of drug-likeness (QED) is 0.476. The zero-order chi connectivity index (χ0) is 21.9. The zero-order valence-corrected chi connectivity index (χ0v) is 17.9. The van der Waals surface area contributed by atoms with Crippen molar-refractivity contribution in [2.45, 2.75) is 38.8 Å². The van der Waals surface area contributed by atoms with Gasteiger partial charge in [0.15, 0.2) is 6.10 Å². The molecule has 0 heterocycles. The zero-order valence-electron chi connectivity index (χ0n) is 17.9. The fourth-order valence-electron chi connectivity index (χ4n) is 2.85. The van der Waals surface area contributed by atoms with Crippen molar-refractivity contribution >= 4 is 18.0 Å². The highest BCUT2D eigenvalue weighted by Crippen LogP contribution is 2.25. The molecule has 0 saturated carbocycles. The SMILES string of the molecule is COc1ccc(OC)c(/C=C/C(=O)O[C@@H](C)C(=O)N[C@@H](C)CCc2ccccc2)c1. The lowest BCUT2D eigenvalue weighted by Crippen LogP contribution is -2.40.